The van der Waals surface area contributed by atoms with Gasteiger partial charge in [0.05, 0.1) is 6.54 Å². The standard InChI is InChI=1S/C20H25N3O4/c1-3-23(4-2)16-7-5-15(6-8-16)22-20(24)21-11-12-25-17-9-10-18-19(13-17)27-14-26-18/h5-10,13H,3-4,11-12,14H2,1-2H3,(H2,21,22,24). The molecule has 0 spiro atoms. The van der Waals surface area contributed by atoms with Crippen LogP contribution in [0.1, 0.15) is 13.8 Å². The minimum Gasteiger partial charge on any atom is -0.492 e. The van der Waals surface area contributed by atoms with Crippen LogP contribution in [0.5, 0.6) is 17.2 Å². The molecule has 0 aromatic heterocycles. The molecule has 7 heteroatoms. The SMILES string of the molecule is CCN(CC)c1ccc(NC(=O)NCCOc2ccc3c(c2)OCO3)cc1. The number of ether oxygens (including phenoxy) is 3. The van der Waals surface area contributed by atoms with Crippen LogP contribution in [0.4, 0.5) is 16.2 Å². The van der Waals surface area contributed by atoms with Crippen LogP contribution in [-0.4, -0.2) is 39.1 Å². The number of rotatable bonds is 8. The minimum absolute atomic E-state index is 0.233. The summed E-state index contributed by atoms with van der Waals surface area (Å²) in [5, 5.41) is 5.59. The highest BCUT2D eigenvalue weighted by Gasteiger charge is 2.13. The Labute approximate surface area is 159 Å². The smallest absolute Gasteiger partial charge is 0.319 e. The second-order valence-corrected chi connectivity index (χ2v) is 5.96. The summed E-state index contributed by atoms with van der Waals surface area (Å²) in [7, 11) is 0. The number of anilines is 2. The Kier molecular flexibility index (Phi) is 6.25. The van der Waals surface area contributed by atoms with Gasteiger partial charge in [0.1, 0.15) is 12.4 Å². The van der Waals surface area contributed by atoms with Gasteiger partial charge < -0.3 is 29.7 Å². The lowest BCUT2D eigenvalue weighted by Gasteiger charge is -2.21. The van der Waals surface area contributed by atoms with Gasteiger partial charge in [0.25, 0.3) is 0 Å². The van der Waals surface area contributed by atoms with E-state index in [2.05, 4.69) is 29.4 Å². The minimum atomic E-state index is -0.264. The van der Waals surface area contributed by atoms with Gasteiger partial charge >= 0.3 is 6.03 Å². The van der Waals surface area contributed by atoms with Crippen LogP contribution in [0.25, 0.3) is 0 Å². The highest BCUT2D eigenvalue weighted by molar-refractivity contribution is 5.89. The van der Waals surface area contributed by atoms with Crippen LogP contribution in [0.3, 0.4) is 0 Å². The predicted molar refractivity (Wildman–Crippen MR) is 105 cm³/mol. The lowest BCUT2D eigenvalue weighted by Crippen LogP contribution is -2.32. The zero-order valence-electron chi connectivity index (χ0n) is 15.7. The molecule has 2 aromatic carbocycles. The molecule has 0 aliphatic carbocycles. The first-order chi connectivity index (χ1) is 13.2. The summed E-state index contributed by atoms with van der Waals surface area (Å²) in [6.45, 7) is 7.12. The van der Waals surface area contributed by atoms with E-state index in [1.807, 2.05) is 30.3 Å². The van der Waals surface area contributed by atoms with E-state index < -0.39 is 0 Å². The number of carbonyl (C=O) groups excluding carboxylic acids is 1. The average molecular weight is 371 g/mol. The summed E-state index contributed by atoms with van der Waals surface area (Å²) in [6, 6.07) is 12.9. The fraction of sp³-hybridized carbons (Fsp3) is 0.350. The molecule has 2 aromatic rings. The van der Waals surface area contributed by atoms with Gasteiger partial charge in [-0.3, -0.25) is 0 Å². The van der Waals surface area contributed by atoms with Crippen molar-refractivity contribution in [2.75, 3.05) is 43.3 Å². The van der Waals surface area contributed by atoms with E-state index in [-0.39, 0.29) is 12.8 Å². The molecule has 0 saturated carbocycles. The van der Waals surface area contributed by atoms with Gasteiger partial charge in [-0.2, -0.15) is 0 Å². The fourth-order valence-electron chi connectivity index (χ4n) is 2.82. The summed E-state index contributed by atoms with van der Waals surface area (Å²) in [5.41, 5.74) is 1.89. The molecule has 144 valence electrons. The zero-order valence-corrected chi connectivity index (χ0v) is 15.7. The van der Waals surface area contributed by atoms with Crippen molar-refractivity contribution >= 4 is 17.4 Å². The molecule has 27 heavy (non-hydrogen) atoms. The third-order valence-electron chi connectivity index (χ3n) is 4.25. The van der Waals surface area contributed by atoms with Gasteiger partial charge in [-0.15, -0.1) is 0 Å². The molecular weight excluding hydrogens is 346 g/mol. The lowest BCUT2D eigenvalue weighted by molar-refractivity contribution is 0.173. The number of fused-ring (bicyclic) bond motifs is 1. The highest BCUT2D eigenvalue weighted by atomic mass is 16.7. The maximum Gasteiger partial charge on any atom is 0.319 e. The molecule has 0 fully saturated rings. The quantitative estimate of drug-likeness (QED) is 0.696. The number of benzene rings is 2. The number of amides is 2. The van der Waals surface area contributed by atoms with Crippen LogP contribution in [0.2, 0.25) is 0 Å². The largest absolute Gasteiger partial charge is 0.492 e. The van der Waals surface area contributed by atoms with Gasteiger partial charge in [-0.05, 0) is 50.2 Å². The van der Waals surface area contributed by atoms with Crippen LogP contribution < -0.4 is 29.7 Å². The molecule has 0 bridgehead atoms. The zero-order chi connectivity index (χ0) is 19.1. The number of carbonyl (C=O) groups is 1. The number of nitrogens with one attached hydrogen (secondary N) is 2. The van der Waals surface area contributed by atoms with Crippen molar-refractivity contribution in [1.82, 2.24) is 5.32 Å². The van der Waals surface area contributed by atoms with Gasteiger partial charge in [0, 0.05) is 30.5 Å². The highest BCUT2D eigenvalue weighted by Crippen LogP contribution is 2.34. The van der Waals surface area contributed by atoms with Crippen molar-refractivity contribution in [2.45, 2.75) is 13.8 Å². The first-order valence-corrected chi connectivity index (χ1v) is 9.12. The van der Waals surface area contributed by atoms with E-state index in [0.29, 0.717) is 30.4 Å². The topological polar surface area (TPSA) is 72.1 Å². The Bertz CT molecular complexity index is 760. The van der Waals surface area contributed by atoms with Gasteiger partial charge in [0.15, 0.2) is 11.5 Å². The van der Waals surface area contributed by atoms with Gasteiger partial charge in [-0.1, -0.05) is 0 Å². The Morgan fingerprint density at radius 3 is 2.56 bits per heavy atom. The van der Waals surface area contributed by atoms with Crippen molar-refractivity contribution in [2.24, 2.45) is 0 Å². The maximum absolute atomic E-state index is 12.0. The van der Waals surface area contributed by atoms with Crippen LogP contribution in [0.15, 0.2) is 42.5 Å². The van der Waals surface area contributed by atoms with Crippen LogP contribution in [0, 0.1) is 0 Å². The molecule has 1 heterocycles. The molecule has 1 aliphatic rings. The molecular formula is C20H25N3O4. The van der Waals surface area contributed by atoms with Crippen LogP contribution >= 0.6 is 0 Å². The molecule has 0 radical (unpaired) electrons. The van der Waals surface area contributed by atoms with Crippen molar-refractivity contribution < 1.29 is 19.0 Å². The van der Waals surface area contributed by atoms with Gasteiger partial charge in [-0.25, -0.2) is 4.79 Å². The molecule has 0 atom stereocenters. The van der Waals surface area contributed by atoms with Crippen LogP contribution in [-0.2, 0) is 0 Å². The van der Waals surface area contributed by atoms with Crippen molar-refractivity contribution in [3.63, 3.8) is 0 Å². The first-order valence-electron chi connectivity index (χ1n) is 9.12. The van der Waals surface area contributed by atoms with E-state index in [0.717, 1.165) is 24.5 Å². The fourth-order valence-corrected chi connectivity index (χ4v) is 2.82. The summed E-state index contributed by atoms with van der Waals surface area (Å²) in [4.78, 5) is 14.2. The van der Waals surface area contributed by atoms with Crippen molar-refractivity contribution in [1.29, 1.82) is 0 Å². The Hall–Kier alpha value is -3.09. The molecule has 2 amide bonds. The molecule has 0 saturated heterocycles. The van der Waals surface area contributed by atoms with Crippen molar-refractivity contribution in [3.8, 4) is 17.2 Å². The van der Waals surface area contributed by atoms with E-state index in [4.69, 9.17) is 14.2 Å². The molecule has 0 unspecified atom stereocenters. The average Bonchev–Trinajstić information content (AvgIpc) is 3.15. The third kappa shape index (κ3) is 4.97. The monoisotopic (exact) mass is 371 g/mol. The Morgan fingerprint density at radius 2 is 1.81 bits per heavy atom. The molecule has 7 nitrogen and oxygen atoms in total. The predicted octanol–water partition coefficient (Wildman–Crippen LogP) is 3.46. The summed E-state index contributed by atoms with van der Waals surface area (Å²) in [5.74, 6) is 2.06. The maximum atomic E-state index is 12.0. The number of urea groups is 1. The molecule has 2 N–H and O–H groups in total. The summed E-state index contributed by atoms with van der Waals surface area (Å²) in [6.07, 6.45) is 0. The van der Waals surface area contributed by atoms with E-state index >= 15 is 0 Å². The van der Waals surface area contributed by atoms with E-state index in [1.54, 1.807) is 12.1 Å². The Balaban J connectivity index is 1.39. The number of hydrogen-bond acceptors (Lipinski definition) is 5. The summed E-state index contributed by atoms with van der Waals surface area (Å²) < 4.78 is 16.2. The first kappa shape index (κ1) is 18.7. The lowest BCUT2D eigenvalue weighted by atomic mass is 10.2. The second kappa shape index (κ2) is 9.02. The molecule has 1 aliphatic heterocycles. The second-order valence-electron chi connectivity index (χ2n) is 5.96. The third-order valence-corrected chi connectivity index (χ3v) is 4.25. The van der Waals surface area contributed by atoms with E-state index in [9.17, 15) is 4.79 Å². The number of nitrogens with zero attached hydrogens (tertiary/aromatic N) is 1. The van der Waals surface area contributed by atoms with E-state index in [1.165, 1.54) is 0 Å². The molecule has 3 rings (SSSR count). The van der Waals surface area contributed by atoms with Crippen molar-refractivity contribution in [3.05, 3.63) is 42.5 Å². The number of hydrogen-bond donors (Lipinski definition) is 2. The Morgan fingerprint density at radius 1 is 1.07 bits per heavy atom. The van der Waals surface area contributed by atoms with Gasteiger partial charge in [0.2, 0.25) is 6.79 Å². The summed E-state index contributed by atoms with van der Waals surface area (Å²) >= 11 is 0. The normalized spacial score (nSPS) is 11.8.